The summed E-state index contributed by atoms with van der Waals surface area (Å²) in [5.41, 5.74) is -0.234. The standard InChI is InChI=1S/C14H12F2N2O4/c1-8(18)11(6-17)12(19)7-21-13(20)9-3-2-4-10(5-9)22-14(15)16/h2-5,11,14,18H,7H2,1H3. The topological polar surface area (TPSA) is 100 Å². The minimum atomic E-state index is -3.03. The number of halogens is 2. The average molecular weight is 310 g/mol. The number of hydrogen-bond donors (Lipinski definition) is 1. The minimum Gasteiger partial charge on any atom is -0.454 e. The van der Waals surface area contributed by atoms with Crippen LogP contribution < -0.4 is 4.74 Å². The molecule has 0 saturated carbocycles. The maximum atomic E-state index is 12.1. The van der Waals surface area contributed by atoms with Gasteiger partial charge in [0.15, 0.2) is 12.4 Å². The molecule has 1 N–H and O–H groups in total. The van der Waals surface area contributed by atoms with Gasteiger partial charge in [0.2, 0.25) is 0 Å². The van der Waals surface area contributed by atoms with E-state index >= 15 is 0 Å². The first-order valence-electron chi connectivity index (χ1n) is 6.04. The highest BCUT2D eigenvalue weighted by molar-refractivity contribution is 6.06. The van der Waals surface area contributed by atoms with Gasteiger partial charge in [-0.2, -0.15) is 14.0 Å². The number of ether oxygens (including phenoxy) is 2. The van der Waals surface area contributed by atoms with Crippen LogP contribution in [0.1, 0.15) is 17.3 Å². The molecule has 0 aromatic heterocycles. The Morgan fingerprint density at radius 2 is 2.09 bits per heavy atom. The van der Waals surface area contributed by atoms with Crippen LogP contribution in [0.4, 0.5) is 8.78 Å². The zero-order chi connectivity index (χ0) is 16.7. The summed E-state index contributed by atoms with van der Waals surface area (Å²) >= 11 is 0. The van der Waals surface area contributed by atoms with Crippen molar-refractivity contribution in [2.75, 3.05) is 6.61 Å². The molecule has 0 aliphatic rings. The SMILES string of the molecule is CC(=N)C(C#N)C(=O)COC(=O)c1cccc(OC(F)F)c1. The summed E-state index contributed by atoms with van der Waals surface area (Å²) in [6, 6.07) is 6.52. The molecule has 1 rings (SSSR count). The second kappa shape index (κ2) is 7.83. The van der Waals surface area contributed by atoms with Crippen LogP contribution in [0.25, 0.3) is 0 Å². The van der Waals surface area contributed by atoms with E-state index in [1.54, 1.807) is 6.07 Å². The molecule has 0 fully saturated rings. The Balaban J connectivity index is 2.68. The van der Waals surface area contributed by atoms with Gasteiger partial charge in [-0.1, -0.05) is 6.07 Å². The van der Waals surface area contributed by atoms with Crippen LogP contribution in [-0.4, -0.2) is 30.7 Å². The molecule has 0 aliphatic carbocycles. The van der Waals surface area contributed by atoms with Gasteiger partial charge in [-0.15, -0.1) is 0 Å². The predicted molar refractivity (Wildman–Crippen MR) is 70.9 cm³/mol. The molecule has 116 valence electrons. The molecule has 0 bridgehead atoms. The molecular formula is C14H12F2N2O4. The monoisotopic (exact) mass is 310 g/mol. The highest BCUT2D eigenvalue weighted by Crippen LogP contribution is 2.16. The van der Waals surface area contributed by atoms with Crippen molar-refractivity contribution < 1.29 is 27.8 Å². The molecule has 0 saturated heterocycles. The Kier molecular flexibility index (Phi) is 6.13. The van der Waals surface area contributed by atoms with Crippen LogP contribution in [0.3, 0.4) is 0 Å². The van der Waals surface area contributed by atoms with Gasteiger partial charge in [-0.3, -0.25) is 4.79 Å². The number of Topliss-reactive ketones (excluding diaryl/α,β-unsaturated/α-hetero) is 1. The summed E-state index contributed by atoms with van der Waals surface area (Å²) in [5.74, 6) is -3.15. The van der Waals surface area contributed by atoms with Gasteiger partial charge >= 0.3 is 12.6 Å². The summed E-state index contributed by atoms with van der Waals surface area (Å²) < 4.78 is 33.0. The van der Waals surface area contributed by atoms with Gasteiger partial charge < -0.3 is 14.9 Å². The van der Waals surface area contributed by atoms with Gasteiger partial charge in [-0.05, 0) is 25.1 Å². The number of carbonyl (C=O) groups excluding carboxylic acids is 2. The number of nitrogens with one attached hydrogen (secondary N) is 1. The number of rotatable bonds is 7. The second-order valence-corrected chi connectivity index (χ2v) is 4.19. The van der Waals surface area contributed by atoms with Crippen molar-refractivity contribution in [1.29, 1.82) is 10.7 Å². The molecule has 0 amide bonds. The minimum absolute atomic E-state index is 0.0777. The van der Waals surface area contributed by atoms with E-state index in [0.29, 0.717) is 0 Å². The van der Waals surface area contributed by atoms with E-state index in [4.69, 9.17) is 15.4 Å². The molecule has 1 unspecified atom stereocenters. The lowest BCUT2D eigenvalue weighted by atomic mass is 10.0. The molecule has 8 heteroatoms. The fourth-order valence-corrected chi connectivity index (χ4v) is 1.51. The molecule has 0 radical (unpaired) electrons. The van der Waals surface area contributed by atoms with Crippen molar-refractivity contribution in [2.24, 2.45) is 5.92 Å². The number of esters is 1. The van der Waals surface area contributed by atoms with E-state index in [1.165, 1.54) is 25.1 Å². The van der Waals surface area contributed by atoms with Crippen LogP contribution in [0, 0.1) is 22.7 Å². The van der Waals surface area contributed by atoms with Crippen molar-refractivity contribution in [3.05, 3.63) is 29.8 Å². The first kappa shape index (κ1) is 17.2. The maximum absolute atomic E-state index is 12.1. The van der Waals surface area contributed by atoms with E-state index in [1.807, 2.05) is 0 Å². The number of nitriles is 1. The number of ketones is 1. The van der Waals surface area contributed by atoms with Gasteiger partial charge in [0.25, 0.3) is 0 Å². The Morgan fingerprint density at radius 3 is 2.64 bits per heavy atom. The van der Waals surface area contributed by atoms with E-state index in [9.17, 15) is 18.4 Å². The summed E-state index contributed by atoms with van der Waals surface area (Å²) in [6.07, 6.45) is 0. The zero-order valence-corrected chi connectivity index (χ0v) is 11.5. The molecule has 1 atom stereocenters. The van der Waals surface area contributed by atoms with Crippen LogP contribution in [0.2, 0.25) is 0 Å². The van der Waals surface area contributed by atoms with Crippen molar-refractivity contribution in [1.82, 2.24) is 0 Å². The smallest absolute Gasteiger partial charge is 0.387 e. The van der Waals surface area contributed by atoms with E-state index in [0.717, 1.165) is 6.07 Å². The largest absolute Gasteiger partial charge is 0.454 e. The van der Waals surface area contributed by atoms with Crippen LogP contribution >= 0.6 is 0 Å². The molecule has 6 nitrogen and oxygen atoms in total. The average Bonchev–Trinajstić information content (AvgIpc) is 2.44. The van der Waals surface area contributed by atoms with E-state index < -0.39 is 30.9 Å². The summed E-state index contributed by atoms with van der Waals surface area (Å²) in [6.45, 7) is -2.42. The summed E-state index contributed by atoms with van der Waals surface area (Å²) in [7, 11) is 0. The summed E-state index contributed by atoms with van der Waals surface area (Å²) in [5, 5.41) is 16.0. The second-order valence-electron chi connectivity index (χ2n) is 4.19. The number of nitrogens with zero attached hydrogens (tertiary/aromatic N) is 1. The normalized spacial score (nSPS) is 11.4. The lowest BCUT2D eigenvalue weighted by Gasteiger charge is -2.09. The Morgan fingerprint density at radius 1 is 1.41 bits per heavy atom. The first-order chi connectivity index (χ1) is 10.3. The molecular weight excluding hydrogens is 298 g/mol. The lowest BCUT2D eigenvalue weighted by molar-refractivity contribution is -0.122. The molecule has 1 aromatic rings. The van der Waals surface area contributed by atoms with E-state index in [2.05, 4.69) is 4.74 Å². The Hall–Kier alpha value is -2.82. The zero-order valence-electron chi connectivity index (χ0n) is 11.5. The Labute approximate surface area is 124 Å². The predicted octanol–water partition coefficient (Wildman–Crippen LogP) is 2.19. The van der Waals surface area contributed by atoms with Crippen molar-refractivity contribution in [2.45, 2.75) is 13.5 Å². The van der Waals surface area contributed by atoms with Crippen LogP contribution in [-0.2, 0) is 9.53 Å². The highest BCUT2D eigenvalue weighted by Gasteiger charge is 2.22. The quantitative estimate of drug-likeness (QED) is 0.614. The summed E-state index contributed by atoms with van der Waals surface area (Å²) in [4.78, 5) is 23.3. The van der Waals surface area contributed by atoms with Gasteiger partial charge in [0.1, 0.15) is 11.7 Å². The fourth-order valence-electron chi connectivity index (χ4n) is 1.51. The molecule has 22 heavy (non-hydrogen) atoms. The van der Waals surface area contributed by atoms with E-state index in [-0.39, 0.29) is 17.0 Å². The molecule has 1 aromatic carbocycles. The van der Waals surface area contributed by atoms with Gasteiger partial charge in [0, 0.05) is 5.71 Å². The first-order valence-corrected chi connectivity index (χ1v) is 6.04. The third kappa shape index (κ3) is 4.94. The van der Waals surface area contributed by atoms with Gasteiger partial charge in [0.05, 0.1) is 11.6 Å². The molecule has 0 aliphatic heterocycles. The van der Waals surface area contributed by atoms with Crippen LogP contribution in [0.15, 0.2) is 24.3 Å². The number of carbonyl (C=O) groups is 2. The van der Waals surface area contributed by atoms with Crippen molar-refractivity contribution in [3.8, 4) is 11.8 Å². The number of hydrogen-bond acceptors (Lipinski definition) is 6. The van der Waals surface area contributed by atoms with Crippen molar-refractivity contribution >= 4 is 17.5 Å². The van der Waals surface area contributed by atoms with Crippen molar-refractivity contribution in [3.63, 3.8) is 0 Å². The molecule has 0 heterocycles. The third-order valence-corrected chi connectivity index (χ3v) is 2.52. The van der Waals surface area contributed by atoms with Crippen LogP contribution in [0.5, 0.6) is 5.75 Å². The number of benzene rings is 1. The fraction of sp³-hybridized carbons (Fsp3) is 0.286. The maximum Gasteiger partial charge on any atom is 0.387 e. The third-order valence-electron chi connectivity index (χ3n) is 2.52. The molecule has 0 spiro atoms. The van der Waals surface area contributed by atoms with Gasteiger partial charge in [-0.25, -0.2) is 4.79 Å². The number of alkyl halides is 2. The lowest BCUT2D eigenvalue weighted by Crippen LogP contribution is -2.25. The highest BCUT2D eigenvalue weighted by atomic mass is 19.3. The Bertz CT molecular complexity index is 626.